The Labute approximate surface area is 131 Å². The van der Waals surface area contributed by atoms with E-state index in [4.69, 9.17) is 4.74 Å². The van der Waals surface area contributed by atoms with E-state index in [0.717, 1.165) is 44.5 Å². The van der Waals surface area contributed by atoms with Crippen LogP contribution in [0.1, 0.15) is 27.9 Å². The van der Waals surface area contributed by atoms with Gasteiger partial charge in [-0.15, -0.1) is 0 Å². The fourth-order valence-electron chi connectivity index (χ4n) is 2.90. The van der Waals surface area contributed by atoms with Crippen molar-refractivity contribution in [1.82, 2.24) is 4.90 Å². The number of hydrogen-bond donors (Lipinski definition) is 0. The molecule has 3 nitrogen and oxygen atoms in total. The van der Waals surface area contributed by atoms with Crippen LogP contribution in [-0.2, 0) is 13.0 Å². The molecular weight excluding hydrogens is 274 g/mol. The van der Waals surface area contributed by atoms with Crippen molar-refractivity contribution in [1.29, 1.82) is 0 Å². The van der Waals surface area contributed by atoms with Crippen molar-refractivity contribution < 1.29 is 9.53 Å². The van der Waals surface area contributed by atoms with Crippen LogP contribution >= 0.6 is 0 Å². The summed E-state index contributed by atoms with van der Waals surface area (Å²) in [5, 5.41) is 0. The smallest absolute Gasteiger partial charge is 0.150 e. The summed E-state index contributed by atoms with van der Waals surface area (Å²) < 4.78 is 5.72. The molecule has 0 aliphatic carbocycles. The maximum Gasteiger partial charge on any atom is 0.150 e. The number of carbonyl (C=O) groups excluding carboxylic acids is 1. The average Bonchev–Trinajstić information content (AvgIpc) is 2.59. The molecule has 114 valence electrons. The lowest BCUT2D eigenvalue weighted by molar-refractivity contribution is 0.112. The zero-order valence-corrected chi connectivity index (χ0v) is 12.7. The Hall–Kier alpha value is -2.13. The average molecular weight is 295 g/mol. The number of aldehydes is 1. The van der Waals surface area contributed by atoms with Crippen molar-refractivity contribution in [3.63, 3.8) is 0 Å². The van der Waals surface area contributed by atoms with Gasteiger partial charge in [-0.05, 0) is 36.1 Å². The summed E-state index contributed by atoms with van der Waals surface area (Å²) in [4.78, 5) is 13.2. The van der Waals surface area contributed by atoms with Crippen LogP contribution in [0.15, 0.2) is 48.5 Å². The fraction of sp³-hybridized carbons (Fsp3) is 0.316. The molecule has 0 atom stereocenters. The molecule has 1 aliphatic heterocycles. The van der Waals surface area contributed by atoms with Gasteiger partial charge >= 0.3 is 0 Å². The third-order valence-corrected chi connectivity index (χ3v) is 4.09. The summed E-state index contributed by atoms with van der Waals surface area (Å²) in [6.07, 6.45) is 2.98. The van der Waals surface area contributed by atoms with Gasteiger partial charge in [0, 0.05) is 25.2 Å². The molecule has 22 heavy (non-hydrogen) atoms. The molecule has 0 saturated carbocycles. The Morgan fingerprint density at radius 3 is 2.82 bits per heavy atom. The van der Waals surface area contributed by atoms with Gasteiger partial charge in [-0.1, -0.05) is 36.4 Å². The van der Waals surface area contributed by atoms with E-state index in [9.17, 15) is 4.79 Å². The predicted octanol–water partition coefficient (Wildman–Crippen LogP) is 3.33. The lowest BCUT2D eigenvalue weighted by Gasteiger charge is -2.28. The molecule has 1 heterocycles. The molecule has 0 bridgehead atoms. The second-order valence-corrected chi connectivity index (χ2v) is 5.69. The SMILES string of the molecule is O=Cc1cccc(OCCCN2CCc3ccccc3C2)c1. The molecular formula is C19H21NO2. The Balaban J connectivity index is 1.43. The number of ether oxygens (including phenoxy) is 1. The molecule has 0 spiro atoms. The van der Waals surface area contributed by atoms with Gasteiger partial charge in [0.2, 0.25) is 0 Å². The minimum atomic E-state index is 0.658. The fourth-order valence-corrected chi connectivity index (χ4v) is 2.90. The van der Waals surface area contributed by atoms with Crippen LogP contribution in [0.25, 0.3) is 0 Å². The highest BCUT2D eigenvalue weighted by molar-refractivity contribution is 5.75. The van der Waals surface area contributed by atoms with Gasteiger partial charge in [-0.25, -0.2) is 0 Å². The summed E-state index contributed by atoms with van der Waals surface area (Å²) in [6.45, 7) is 3.89. The number of carbonyl (C=O) groups is 1. The number of nitrogens with zero attached hydrogens (tertiary/aromatic N) is 1. The highest BCUT2D eigenvalue weighted by Gasteiger charge is 2.14. The van der Waals surface area contributed by atoms with Crippen LogP contribution in [0.2, 0.25) is 0 Å². The molecule has 0 unspecified atom stereocenters. The van der Waals surface area contributed by atoms with Crippen LogP contribution < -0.4 is 4.74 Å². The predicted molar refractivity (Wildman–Crippen MR) is 87.4 cm³/mol. The monoisotopic (exact) mass is 295 g/mol. The van der Waals surface area contributed by atoms with Crippen LogP contribution in [-0.4, -0.2) is 30.9 Å². The van der Waals surface area contributed by atoms with Crippen molar-refractivity contribution in [3.8, 4) is 5.75 Å². The van der Waals surface area contributed by atoms with E-state index < -0.39 is 0 Å². The van der Waals surface area contributed by atoms with Gasteiger partial charge in [-0.3, -0.25) is 9.69 Å². The van der Waals surface area contributed by atoms with E-state index in [0.29, 0.717) is 12.2 Å². The Morgan fingerprint density at radius 2 is 1.95 bits per heavy atom. The summed E-state index contributed by atoms with van der Waals surface area (Å²) in [5.41, 5.74) is 3.60. The van der Waals surface area contributed by atoms with Gasteiger partial charge in [0.05, 0.1) is 6.61 Å². The molecule has 1 aliphatic rings. The van der Waals surface area contributed by atoms with E-state index in [2.05, 4.69) is 29.2 Å². The standard InChI is InChI=1S/C19H21NO2/c21-15-16-5-3-8-19(13-16)22-12-4-10-20-11-9-17-6-1-2-7-18(17)14-20/h1-3,5-8,13,15H,4,9-12,14H2. The first-order valence-corrected chi connectivity index (χ1v) is 7.82. The molecule has 0 fully saturated rings. The zero-order chi connectivity index (χ0) is 15.2. The van der Waals surface area contributed by atoms with Crippen LogP contribution in [0, 0.1) is 0 Å². The van der Waals surface area contributed by atoms with Crippen molar-refractivity contribution in [2.45, 2.75) is 19.4 Å². The maximum absolute atomic E-state index is 10.7. The molecule has 0 amide bonds. The first kappa shape index (κ1) is 14.8. The van der Waals surface area contributed by atoms with Crippen LogP contribution in [0.4, 0.5) is 0 Å². The molecule has 3 heteroatoms. The number of fused-ring (bicyclic) bond motifs is 1. The van der Waals surface area contributed by atoms with Crippen LogP contribution in [0.5, 0.6) is 5.75 Å². The molecule has 0 N–H and O–H groups in total. The molecule has 2 aromatic carbocycles. The van der Waals surface area contributed by atoms with Gasteiger partial charge in [0.15, 0.2) is 0 Å². The highest BCUT2D eigenvalue weighted by Crippen LogP contribution is 2.18. The first-order valence-electron chi connectivity index (χ1n) is 7.82. The Bertz CT molecular complexity index is 639. The number of hydrogen-bond acceptors (Lipinski definition) is 3. The summed E-state index contributed by atoms with van der Waals surface area (Å²) in [5.74, 6) is 0.772. The minimum Gasteiger partial charge on any atom is -0.494 e. The summed E-state index contributed by atoms with van der Waals surface area (Å²) in [6, 6.07) is 16.0. The van der Waals surface area contributed by atoms with Crippen molar-refractivity contribution >= 4 is 6.29 Å². The second-order valence-electron chi connectivity index (χ2n) is 5.69. The Kier molecular flexibility index (Phi) is 4.86. The first-order chi connectivity index (χ1) is 10.8. The number of rotatable bonds is 6. The molecule has 2 aromatic rings. The quantitative estimate of drug-likeness (QED) is 0.605. The van der Waals surface area contributed by atoms with E-state index >= 15 is 0 Å². The van der Waals surface area contributed by atoms with Crippen molar-refractivity contribution in [2.75, 3.05) is 19.7 Å². The maximum atomic E-state index is 10.7. The highest BCUT2D eigenvalue weighted by atomic mass is 16.5. The second kappa shape index (κ2) is 7.23. The molecule has 0 aromatic heterocycles. The molecule has 0 radical (unpaired) electrons. The van der Waals surface area contributed by atoms with E-state index in [1.807, 2.05) is 12.1 Å². The zero-order valence-electron chi connectivity index (χ0n) is 12.7. The lowest BCUT2D eigenvalue weighted by Crippen LogP contribution is -2.31. The molecule has 0 saturated heterocycles. The third kappa shape index (κ3) is 3.74. The normalized spacial score (nSPS) is 14.4. The number of benzene rings is 2. The third-order valence-electron chi connectivity index (χ3n) is 4.09. The van der Waals surface area contributed by atoms with E-state index in [1.54, 1.807) is 12.1 Å². The lowest BCUT2D eigenvalue weighted by atomic mass is 10.00. The van der Waals surface area contributed by atoms with Crippen LogP contribution in [0.3, 0.4) is 0 Å². The van der Waals surface area contributed by atoms with Crippen molar-refractivity contribution in [3.05, 3.63) is 65.2 Å². The minimum absolute atomic E-state index is 0.658. The van der Waals surface area contributed by atoms with Crippen molar-refractivity contribution in [2.24, 2.45) is 0 Å². The van der Waals surface area contributed by atoms with E-state index in [1.165, 1.54) is 11.1 Å². The van der Waals surface area contributed by atoms with Gasteiger partial charge in [0.1, 0.15) is 12.0 Å². The van der Waals surface area contributed by atoms with Gasteiger partial charge < -0.3 is 4.74 Å². The molecule has 3 rings (SSSR count). The topological polar surface area (TPSA) is 29.5 Å². The van der Waals surface area contributed by atoms with Gasteiger partial charge in [0.25, 0.3) is 0 Å². The van der Waals surface area contributed by atoms with Gasteiger partial charge in [-0.2, -0.15) is 0 Å². The summed E-state index contributed by atoms with van der Waals surface area (Å²) >= 11 is 0. The summed E-state index contributed by atoms with van der Waals surface area (Å²) in [7, 11) is 0. The largest absolute Gasteiger partial charge is 0.494 e. The van der Waals surface area contributed by atoms with E-state index in [-0.39, 0.29) is 0 Å². The Morgan fingerprint density at radius 1 is 1.09 bits per heavy atom.